The van der Waals surface area contributed by atoms with Crippen molar-refractivity contribution in [3.05, 3.63) is 114 Å². The summed E-state index contributed by atoms with van der Waals surface area (Å²) in [5.74, 6) is -1.31. The van der Waals surface area contributed by atoms with Gasteiger partial charge in [-0.1, -0.05) is 72.8 Å². The first-order chi connectivity index (χ1) is 15.6. The number of phenols is 1. The van der Waals surface area contributed by atoms with Crippen LogP contribution >= 0.6 is 0 Å². The largest absolute Gasteiger partial charge is 0.507 e. The van der Waals surface area contributed by atoms with Crippen LogP contribution in [-0.2, 0) is 4.74 Å². The number of H-pyrrole nitrogens is 1. The van der Waals surface area contributed by atoms with Gasteiger partial charge < -0.3 is 14.8 Å². The molecule has 0 aliphatic rings. The molecule has 0 bridgehead atoms. The van der Waals surface area contributed by atoms with Gasteiger partial charge in [-0.25, -0.2) is 4.79 Å². The zero-order chi connectivity index (χ0) is 22.1. The van der Waals surface area contributed by atoms with Crippen molar-refractivity contribution in [1.82, 2.24) is 4.98 Å². The molecule has 5 heteroatoms. The number of Topliss-reactive ketones (excluding diaryl/α,β-unsaturated/α-hetero) is 1. The molecule has 156 valence electrons. The molecule has 0 amide bonds. The minimum atomic E-state index is -1.16. The van der Waals surface area contributed by atoms with Crippen molar-refractivity contribution < 1.29 is 19.4 Å². The summed E-state index contributed by atoms with van der Waals surface area (Å²) < 4.78 is 5.72. The lowest BCUT2D eigenvalue weighted by Gasteiger charge is -2.18. The number of esters is 1. The predicted molar refractivity (Wildman–Crippen MR) is 123 cm³/mol. The molecule has 0 radical (unpaired) electrons. The van der Waals surface area contributed by atoms with Crippen molar-refractivity contribution in [3.63, 3.8) is 0 Å². The van der Waals surface area contributed by atoms with E-state index in [4.69, 9.17) is 4.74 Å². The minimum Gasteiger partial charge on any atom is -0.507 e. The zero-order valence-electron chi connectivity index (χ0n) is 17.0. The van der Waals surface area contributed by atoms with Crippen molar-refractivity contribution in [1.29, 1.82) is 0 Å². The number of rotatable bonds is 5. The normalized spacial score (nSPS) is 12.0. The Morgan fingerprint density at radius 2 is 1.44 bits per heavy atom. The van der Waals surface area contributed by atoms with E-state index < -0.39 is 12.1 Å². The summed E-state index contributed by atoms with van der Waals surface area (Å²) in [4.78, 5) is 29.7. The summed E-state index contributed by atoms with van der Waals surface area (Å²) in [6.07, 6.45) is 0.471. The summed E-state index contributed by atoms with van der Waals surface area (Å²) in [5.41, 5.74) is 1.82. The number of aromatic amines is 1. The van der Waals surface area contributed by atoms with E-state index in [0.29, 0.717) is 11.1 Å². The molecule has 1 aromatic heterocycles. The number of nitrogens with one attached hydrogen (secondary N) is 1. The molecule has 0 saturated carbocycles. The van der Waals surface area contributed by atoms with Gasteiger partial charge in [-0.05, 0) is 29.0 Å². The van der Waals surface area contributed by atoms with Crippen molar-refractivity contribution in [3.8, 4) is 5.75 Å². The fourth-order valence-electron chi connectivity index (χ4n) is 3.88. The van der Waals surface area contributed by atoms with Crippen molar-refractivity contribution in [2.45, 2.75) is 6.10 Å². The van der Waals surface area contributed by atoms with Crippen LogP contribution < -0.4 is 0 Å². The molecule has 1 atom stereocenters. The van der Waals surface area contributed by atoms with Gasteiger partial charge in [0.15, 0.2) is 6.10 Å². The number of fused-ring (bicyclic) bond motifs is 2. The molecule has 1 heterocycles. The highest BCUT2D eigenvalue weighted by molar-refractivity contribution is 6.11. The summed E-state index contributed by atoms with van der Waals surface area (Å²) in [6, 6.07) is 26.8. The maximum absolute atomic E-state index is 13.5. The number of hydrogen-bond donors (Lipinski definition) is 2. The molecule has 0 fully saturated rings. The number of carbonyl (C=O) groups excluding carboxylic acids is 2. The van der Waals surface area contributed by atoms with E-state index in [1.165, 1.54) is 6.07 Å². The molecule has 32 heavy (non-hydrogen) atoms. The highest BCUT2D eigenvalue weighted by Crippen LogP contribution is 2.31. The third-order valence-corrected chi connectivity index (χ3v) is 5.50. The molecule has 0 saturated heterocycles. The van der Waals surface area contributed by atoms with Crippen LogP contribution in [0.3, 0.4) is 0 Å². The third kappa shape index (κ3) is 3.50. The van der Waals surface area contributed by atoms with E-state index in [9.17, 15) is 14.7 Å². The third-order valence-electron chi connectivity index (χ3n) is 5.50. The first kappa shape index (κ1) is 19.6. The van der Waals surface area contributed by atoms with Gasteiger partial charge in [0.25, 0.3) is 0 Å². The Morgan fingerprint density at radius 3 is 2.22 bits per heavy atom. The lowest BCUT2D eigenvalue weighted by atomic mass is 9.99. The van der Waals surface area contributed by atoms with E-state index in [1.54, 1.807) is 36.5 Å². The van der Waals surface area contributed by atoms with Gasteiger partial charge in [-0.15, -0.1) is 0 Å². The molecule has 5 aromatic rings. The highest BCUT2D eigenvalue weighted by Gasteiger charge is 2.29. The number of carbonyl (C=O) groups is 2. The van der Waals surface area contributed by atoms with E-state index in [2.05, 4.69) is 4.98 Å². The average molecular weight is 421 g/mol. The molecule has 0 aliphatic carbocycles. The molecule has 0 aliphatic heterocycles. The van der Waals surface area contributed by atoms with Crippen LogP contribution in [-0.4, -0.2) is 21.8 Å². The lowest BCUT2D eigenvalue weighted by molar-refractivity contribution is 0.0278. The summed E-state index contributed by atoms with van der Waals surface area (Å²) in [6.45, 7) is 0. The first-order valence-electron chi connectivity index (χ1n) is 10.2. The minimum absolute atomic E-state index is 0.0105. The Kier molecular flexibility index (Phi) is 4.92. The van der Waals surface area contributed by atoms with Crippen LogP contribution in [0.15, 0.2) is 97.2 Å². The number of aromatic nitrogens is 1. The Balaban J connectivity index is 1.54. The first-order valence-corrected chi connectivity index (χ1v) is 10.2. The van der Waals surface area contributed by atoms with Crippen LogP contribution in [0, 0.1) is 0 Å². The van der Waals surface area contributed by atoms with Gasteiger partial charge in [0, 0.05) is 28.2 Å². The summed E-state index contributed by atoms with van der Waals surface area (Å²) >= 11 is 0. The van der Waals surface area contributed by atoms with Gasteiger partial charge in [-0.2, -0.15) is 0 Å². The fourth-order valence-corrected chi connectivity index (χ4v) is 3.88. The van der Waals surface area contributed by atoms with Crippen molar-refractivity contribution in [2.24, 2.45) is 0 Å². The molecule has 4 aromatic carbocycles. The van der Waals surface area contributed by atoms with Gasteiger partial charge >= 0.3 is 5.97 Å². The van der Waals surface area contributed by atoms with Crippen molar-refractivity contribution in [2.75, 3.05) is 0 Å². The summed E-state index contributed by atoms with van der Waals surface area (Å²) in [5, 5.41) is 12.8. The molecule has 0 spiro atoms. The standard InChI is InChI=1S/C27H19NO4/c29-24-15-19-11-5-4-10-18(19)14-21(24)27(31)32-26(17-8-2-1-3-9-17)25(30)22-16-28-23-13-7-6-12-20(22)23/h1-16,26,28-29H. The van der Waals surface area contributed by atoms with E-state index >= 15 is 0 Å². The fraction of sp³-hybridized carbons (Fsp3) is 0.0370. The van der Waals surface area contributed by atoms with E-state index in [1.807, 2.05) is 54.6 Å². The van der Waals surface area contributed by atoms with Crippen LogP contribution in [0.2, 0.25) is 0 Å². The number of para-hydroxylation sites is 1. The number of phenolic OH excluding ortho intramolecular Hbond substituents is 1. The highest BCUT2D eigenvalue weighted by atomic mass is 16.5. The second-order valence-electron chi connectivity index (χ2n) is 7.52. The Hall–Kier alpha value is -4.38. The molecular weight excluding hydrogens is 402 g/mol. The number of hydrogen-bond acceptors (Lipinski definition) is 4. The Labute approximate surface area is 183 Å². The number of ketones is 1. The Bertz CT molecular complexity index is 1450. The quantitative estimate of drug-likeness (QED) is 0.277. The smallest absolute Gasteiger partial charge is 0.343 e. The predicted octanol–water partition coefficient (Wildman–Crippen LogP) is 5.81. The van der Waals surface area contributed by atoms with Gasteiger partial charge in [0.1, 0.15) is 11.3 Å². The van der Waals surface area contributed by atoms with Crippen molar-refractivity contribution >= 4 is 33.4 Å². The number of aromatic hydroxyl groups is 1. The SMILES string of the molecule is O=C(OC(C(=O)c1c[nH]c2ccccc12)c1ccccc1)c1cc2ccccc2cc1O. The van der Waals surface area contributed by atoms with Crippen LogP contribution in [0.4, 0.5) is 0 Å². The van der Waals surface area contributed by atoms with Gasteiger partial charge in [0.2, 0.25) is 5.78 Å². The van der Waals surface area contributed by atoms with Crippen LogP contribution in [0.5, 0.6) is 5.75 Å². The molecule has 5 rings (SSSR count). The zero-order valence-corrected chi connectivity index (χ0v) is 17.0. The molecule has 1 unspecified atom stereocenters. The molecule has 2 N–H and O–H groups in total. The molecular formula is C27H19NO4. The molecule has 5 nitrogen and oxygen atoms in total. The van der Waals surface area contributed by atoms with E-state index in [-0.39, 0.29) is 17.1 Å². The second-order valence-corrected chi connectivity index (χ2v) is 7.52. The van der Waals surface area contributed by atoms with Crippen LogP contribution in [0.1, 0.15) is 32.4 Å². The van der Waals surface area contributed by atoms with Crippen LogP contribution in [0.25, 0.3) is 21.7 Å². The van der Waals surface area contributed by atoms with Gasteiger partial charge in [-0.3, -0.25) is 4.79 Å². The van der Waals surface area contributed by atoms with Gasteiger partial charge in [0.05, 0.1) is 0 Å². The maximum atomic E-state index is 13.5. The number of benzene rings is 4. The lowest BCUT2D eigenvalue weighted by Crippen LogP contribution is -2.20. The monoisotopic (exact) mass is 421 g/mol. The Morgan fingerprint density at radius 1 is 0.781 bits per heavy atom. The van der Waals surface area contributed by atoms with E-state index in [0.717, 1.165) is 21.7 Å². The average Bonchev–Trinajstić information content (AvgIpc) is 3.26. The maximum Gasteiger partial charge on any atom is 0.343 e. The summed E-state index contributed by atoms with van der Waals surface area (Å²) in [7, 11) is 0. The second kappa shape index (κ2) is 8.04. The topological polar surface area (TPSA) is 79.4 Å². The number of ether oxygens (including phenoxy) is 1.